The Bertz CT molecular complexity index is 445. The first-order chi connectivity index (χ1) is 9.03. The van der Waals surface area contributed by atoms with E-state index in [1.54, 1.807) is 6.07 Å². The van der Waals surface area contributed by atoms with Crippen molar-refractivity contribution >= 4 is 11.4 Å². The van der Waals surface area contributed by atoms with E-state index >= 15 is 0 Å². The van der Waals surface area contributed by atoms with Crippen LogP contribution in [-0.2, 0) is 6.42 Å². The van der Waals surface area contributed by atoms with Crippen molar-refractivity contribution in [3.63, 3.8) is 0 Å². The maximum atomic E-state index is 11.1. The smallest absolute Gasteiger partial charge is 0.274 e. The van der Waals surface area contributed by atoms with Crippen molar-refractivity contribution in [3.05, 3.63) is 27.8 Å². The van der Waals surface area contributed by atoms with Gasteiger partial charge in [0.1, 0.15) is 5.75 Å². The predicted octanol–water partition coefficient (Wildman–Crippen LogP) is 2.07. The number of likely N-dealkylation sites (N-methyl/N-ethyl adjacent to an activating group) is 1. The van der Waals surface area contributed by atoms with Crippen LogP contribution in [-0.4, -0.2) is 36.6 Å². The first-order valence-electron chi connectivity index (χ1n) is 6.36. The van der Waals surface area contributed by atoms with E-state index in [9.17, 15) is 10.1 Å². The number of methoxy groups -OCH3 is 1. The first kappa shape index (κ1) is 15.2. The molecule has 1 aromatic carbocycles. The van der Waals surface area contributed by atoms with Gasteiger partial charge in [-0.3, -0.25) is 10.1 Å². The zero-order valence-corrected chi connectivity index (χ0v) is 11.7. The normalized spacial score (nSPS) is 10.7. The molecule has 0 heterocycles. The summed E-state index contributed by atoms with van der Waals surface area (Å²) in [4.78, 5) is 12.9. The zero-order chi connectivity index (χ0) is 14.4. The molecular formula is C13H21N3O3. The van der Waals surface area contributed by atoms with Crippen molar-refractivity contribution in [2.45, 2.75) is 20.3 Å². The second-order valence-electron chi connectivity index (χ2n) is 4.26. The second-order valence-corrected chi connectivity index (χ2v) is 4.26. The van der Waals surface area contributed by atoms with E-state index in [-0.39, 0.29) is 5.69 Å². The lowest BCUT2D eigenvalue weighted by atomic mass is 10.1. The summed E-state index contributed by atoms with van der Waals surface area (Å²) in [5.41, 5.74) is 6.72. The summed E-state index contributed by atoms with van der Waals surface area (Å²) in [6.07, 6.45) is 0.606. The van der Waals surface area contributed by atoms with Crippen molar-refractivity contribution in [2.24, 2.45) is 0 Å². The number of nitro groups is 1. The highest BCUT2D eigenvalue weighted by Crippen LogP contribution is 2.30. The fourth-order valence-electron chi connectivity index (χ4n) is 1.99. The lowest BCUT2D eigenvalue weighted by Gasteiger charge is -2.18. The standard InChI is InChI=1S/C13H21N3O3/c1-4-15(5-2)7-6-10-8-13(19-3)11(14)9-12(10)16(17)18/h8-9H,4-7,14H2,1-3H3. The monoisotopic (exact) mass is 267 g/mol. The summed E-state index contributed by atoms with van der Waals surface area (Å²) in [5, 5.41) is 11.1. The second kappa shape index (κ2) is 6.94. The average Bonchev–Trinajstić information content (AvgIpc) is 2.40. The van der Waals surface area contributed by atoms with E-state index in [4.69, 9.17) is 10.5 Å². The van der Waals surface area contributed by atoms with Crippen molar-refractivity contribution < 1.29 is 9.66 Å². The molecule has 0 fully saturated rings. The van der Waals surface area contributed by atoms with Gasteiger partial charge in [0.25, 0.3) is 5.69 Å². The van der Waals surface area contributed by atoms with E-state index in [0.717, 1.165) is 19.6 Å². The Labute approximate surface area is 113 Å². The van der Waals surface area contributed by atoms with Gasteiger partial charge in [-0.05, 0) is 25.6 Å². The number of hydrogen-bond acceptors (Lipinski definition) is 5. The fraction of sp³-hybridized carbons (Fsp3) is 0.538. The van der Waals surface area contributed by atoms with Crippen molar-refractivity contribution in [2.75, 3.05) is 32.5 Å². The zero-order valence-electron chi connectivity index (χ0n) is 11.7. The van der Waals surface area contributed by atoms with E-state index in [2.05, 4.69) is 18.7 Å². The van der Waals surface area contributed by atoms with E-state index in [0.29, 0.717) is 23.4 Å². The number of nitrogens with two attached hydrogens (primary N) is 1. The van der Waals surface area contributed by atoms with Crippen LogP contribution in [0, 0.1) is 10.1 Å². The highest BCUT2D eigenvalue weighted by molar-refractivity contribution is 5.62. The molecule has 0 aliphatic heterocycles. The van der Waals surface area contributed by atoms with Gasteiger partial charge in [-0.15, -0.1) is 0 Å². The van der Waals surface area contributed by atoms with Gasteiger partial charge < -0.3 is 15.4 Å². The third kappa shape index (κ3) is 3.82. The largest absolute Gasteiger partial charge is 0.495 e. The summed E-state index contributed by atoms with van der Waals surface area (Å²) in [7, 11) is 1.51. The lowest BCUT2D eigenvalue weighted by Crippen LogP contribution is -2.25. The minimum Gasteiger partial charge on any atom is -0.495 e. The Morgan fingerprint density at radius 1 is 1.37 bits per heavy atom. The number of rotatable bonds is 7. The van der Waals surface area contributed by atoms with E-state index in [1.807, 2.05) is 0 Å². The fourth-order valence-corrected chi connectivity index (χ4v) is 1.99. The predicted molar refractivity (Wildman–Crippen MR) is 75.6 cm³/mol. The molecule has 0 aliphatic carbocycles. The molecule has 0 saturated heterocycles. The Morgan fingerprint density at radius 2 is 2.00 bits per heavy atom. The molecule has 6 heteroatoms. The van der Waals surface area contributed by atoms with Crippen LogP contribution in [0.2, 0.25) is 0 Å². The Balaban J connectivity index is 2.99. The van der Waals surface area contributed by atoms with Crippen LogP contribution in [0.3, 0.4) is 0 Å². The molecule has 0 atom stereocenters. The van der Waals surface area contributed by atoms with Crippen molar-refractivity contribution in [1.82, 2.24) is 4.90 Å². The van der Waals surface area contributed by atoms with Crippen LogP contribution < -0.4 is 10.5 Å². The van der Waals surface area contributed by atoms with Crippen molar-refractivity contribution in [1.29, 1.82) is 0 Å². The minimum atomic E-state index is -0.395. The first-order valence-corrected chi connectivity index (χ1v) is 6.36. The van der Waals surface area contributed by atoms with Crippen LogP contribution in [0.25, 0.3) is 0 Å². The van der Waals surface area contributed by atoms with Gasteiger partial charge in [0.15, 0.2) is 0 Å². The average molecular weight is 267 g/mol. The molecule has 19 heavy (non-hydrogen) atoms. The number of anilines is 1. The molecule has 0 bridgehead atoms. The minimum absolute atomic E-state index is 0.0606. The molecule has 0 unspecified atom stereocenters. The van der Waals surface area contributed by atoms with Crippen LogP contribution in [0.1, 0.15) is 19.4 Å². The topological polar surface area (TPSA) is 81.6 Å². The highest BCUT2D eigenvalue weighted by atomic mass is 16.6. The SMILES string of the molecule is CCN(CC)CCc1cc(OC)c(N)cc1[N+](=O)[O-]. The molecule has 1 rings (SSSR count). The molecule has 1 aromatic rings. The molecule has 0 amide bonds. The molecule has 0 aliphatic rings. The van der Waals surface area contributed by atoms with Gasteiger partial charge in [0, 0.05) is 18.2 Å². The van der Waals surface area contributed by atoms with Gasteiger partial charge in [0.2, 0.25) is 0 Å². The third-order valence-electron chi connectivity index (χ3n) is 3.22. The maximum absolute atomic E-state index is 11.1. The quantitative estimate of drug-likeness (QED) is 0.464. The maximum Gasteiger partial charge on any atom is 0.274 e. The molecular weight excluding hydrogens is 246 g/mol. The molecule has 0 spiro atoms. The summed E-state index contributed by atoms with van der Waals surface area (Å²) in [6.45, 7) is 6.77. The molecule has 0 saturated carbocycles. The summed E-state index contributed by atoms with van der Waals surface area (Å²) in [5.74, 6) is 0.486. The van der Waals surface area contributed by atoms with Gasteiger partial charge in [0.05, 0.1) is 17.7 Å². The molecule has 2 N–H and O–H groups in total. The lowest BCUT2D eigenvalue weighted by molar-refractivity contribution is -0.385. The summed E-state index contributed by atoms with van der Waals surface area (Å²) in [6, 6.07) is 3.04. The summed E-state index contributed by atoms with van der Waals surface area (Å²) >= 11 is 0. The third-order valence-corrected chi connectivity index (χ3v) is 3.22. The van der Waals surface area contributed by atoms with Gasteiger partial charge in [-0.1, -0.05) is 13.8 Å². The Kier molecular flexibility index (Phi) is 5.57. The van der Waals surface area contributed by atoms with Crippen LogP contribution in [0.5, 0.6) is 5.75 Å². The number of nitro benzene ring substituents is 1. The van der Waals surface area contributed by atoms with Crippen LogP contribution in [0.15, 0.2) is 12.1 Å². The Hall–Kier alpha value is -1.82. The molecule has 0 aromatic heterocycles. The van der Waals surface area contributed by atoms with Crippen LogP contribution in [0.4, 0.5) is 11.4 Å². The van der Waals surface area contributed by atoms with Gasteiger partial charge in [-0.25, -0.2) is 0 Å². The van der Waals surface area contributed by atoms with Gasteiger partial charge in [-0.2, -0.15) is 0 Å². The number of nitrogens with zero attached hydrogens (tertiary/aromatic N) is 2. The van der Waals surface area contributed by atoms with Gasteiger partial charge >= 0.3 is 0 Å². The van der Waals surface area contributed by atoms with E-state index < -0.39 is 4.92 Å². The number of nitrogen functional groups attached to an aromatic ring is 1. The van der Waals surface area contributed by atoms with Crippen molar-refractivity contribution in [3.8, 4) is 5.75 Å². The molecule has 106 valence electrons. The van der Waals surface area contributed by atoms with Crippen LogP contribution >= 0.6 is 0 Å². The molecule has 6 nitrogen and oxygen atoms in total. The number of ether oxygens (including phenoxy) is 1. The highest BCUT2D eigenvalue weighted by Gasteiger charge is 2.17. The molecule has 0 radical (unpaired) electrons. The Morgan fingerprint density at radius 3 is 2.47 bits per heavy atom. The number of hydrogen-bond donors (Lipinski definition) is 1. The number of benzene rings is 1. The van der Waals surface area contributed by atoms with E-state index in [1.165, 1.54) is 13.2 Å². The summed E-state index contributed by atoms with van der Waals surface area (Å²) < 4.78 is 5.12.